The maximum absolute atomic E-state index is 5.60. The van der Waals surface area contributed by atoms with Crippen LogP contribution in [0.3, 0.4) is 0 Å². The Morgan fingerprint density at radius 3 is 1.84 bits per heavy atom. The van der Waals surface area contributed by atoms with Gasteiger partial charge in [0.25, 0.3) is 0 Å². The van der Waals surface area contributed by atoms with Crippen molar-refractivity contribution in [3.05, 3.63) is 180 Å². The predicted molar refractivity (Wildman–Crippen MR) is 214 cm³/mol. The van der Waals surface area contributed by atoms with Gasteiger partial charge >= 0.3 is 0 Å². The molecular weight excluding hydrogens is 619 g/mol. The van der Waals surface area contributed by atoms with E-state index >= 15 is 0 Å². The van der Waals surface area contributed by atoms with Gasteiger partial charge in [-0.25, -0.2) is 4.99 Å². The molecule has 3 nitrogen and oxygen atoms in total. The van der Waals surface area contributed by atoms with Crippen LogP contribution in [-0.2, 0) is 5.54 Å². The van der Waals surface area contributed by atoms with Crippen molar-refractivity contribution < 1.29 is 0 Å². The third-order valence-corrected chi connectivity index (χ3v) is 11.4. The molecule has 8 aromatic rings. The van der Waals surface area contributed by atoms with E-state index in [0.29, 0.717) is 0 Å². The molecule has 3 unspecified atom stereocenters. The Labute approximate surface area is 298 Å². The van der Waals surface area contributed by atoms with Gasteiger partial charge in [-0.2, -0.15) is 0 Å². The number of fused-ring (bicyclic) bond motifs is 6. The topological polar surface area (TPSA) is 29.6 Å². The highest BCUT2D eigenvalue weighted by Crippen LogP contribution is 2.64. The molecule has 3 heteroatoms. The molecule has 1 aromatic heterocycles. The smallest absolute Gasteiger partial charge is 0.157 e. The number of nitrogens with zero attached hydrogens (tertiary/aromatic N) is 3. The molecule has 3 atom stereocenters. The lowest BCUT2D eigenvalue weighted by molar-refractivity contribution is 0.653. The van der Waals surface area contributed by atoms with Crippen LogP contribution in [0.2, 0.25) is 0 Å². The average molecular weight is 656 g/mol. The minimum atomic E-state index is -0.399. The van der Waals surface area contributed by atoms with E-state index < -0.39 is 5.54 Å². The van der Waals surface area contributed by atoms with Crippen molar-refractivity contribution in [1.82, 2.24) is 4.57 Å². The number of aromatic nitrogens is 1. The Kier molecular flexibility index (Phi) is 6.57. The number of amidine groups is 1. The van der Waals surface area contributed by atoms with Crippen LogP contribution >= 0.6 is 0 Å². The molecule has 0 amide bonds. The number of benzene rings is 7. The van der Waals surface area contributed by atoms with Crippen LogP contribution in [0.1, 0.15) is 29.2 Å². The number of rotatable bonds is 4. The van der Waals surface area contributed by atoms with Gasteiger partial charge in [-0.15, -0.1) is 0 Å². The molecule has 1 saturated carbocycles. The summed E-state index contributed by atoms with van der Waals surface area (Å²) in [4.78, 5) is 11.2. The van der Waals surface area contributed by atoms with E-state index in [1.165, 1.54) is 71.5 Å². The lowest BCUT2D eigenvalue weighted by Gasteiger charge is -2.23. The van der Waals surface area contributed by atoms with Gasteiger partial charge < -0.3 is 0 Å². The first kappa shape index (κ1) is 29.8. The van der Waals surface area contributed by atoms with Gasteiger partial charge in [0.05, 0.1) is 17.0 Å². The molecule has 0 spiro atoms. The van der Waals surface area contributed by atoms with Crippen LogP contribution in [0.15, 0.2) is 168 Å². The fourth-order valence-corrected chi connectivity index (χ4v) is 8.65. The SMILES string of the molecule is Cc1ccc(C2=NC3(c4ccc(C)cc4)C(C)C3C(n3c4cc(-c5ccccc5)ccc4c4c5ccccc5c(-c5ccccc5)cc43)=N2)cc1. The Bertz CT molecular complexity index is 2700. The summed E-state index contributed by atoms with van der Waals surface area (Å²) in [6.45, 7) is 6.64. The van der Waals surface area contributed by atoms with Crippen molar-refractivity contribution in [2.75, 3.05) is 0 Å². The summed E-state index contributed by atoms with van der Waals surface area (Å²) in [6.07, 6.45) is 0. The first-order valence-corrected chi connectivity index (χ1v) is 17.9. The lowest BCUT2D eigenvalue weighted by Crippen LogP contribution is -2.27. The van der Waals surface area contributed by atoms with Gasteiger partial charge in [0.2, 0.25) is 0 Å². The first-order chi connectivity index (χ1) is 25.0. The lowest BCUT2D eigenvalue weighted by atomic mass is 9.94. The molecule has 7 aromatic carbocycles. The number of hydrogen-bond donors (Lipinski definition) is 0. The highest BCUT2D eigenvalue weighted by molar-refractivity contribution is 6.28. The van der Waals surface area contributed by atoms with Crippen molar-refractivity contribution in [2.45, 2.75) is 26.3 Å². The molecule has 1 fully saturated rings. The van der Waals surface area contributed by atoms with Crippen LogP contribution in [0.4, 0.5) is 0 Å². The Morgan fingerprint density at radius 2 is 1.14 bits per heavy atom. The fourth-order valence-electron chi connectivity index (χ4n) is 8.65. The van der Waals surface area contributed by atoms with Crippen molar-refractivity contribution in [3.8, 4) is 22.3 Å². The van der Waals surface area contributed by atoms with Gasteiger partial charge in [-0.1, -0.05) is 164 Å². The predicted octanol–water partition coefficient (Wildman–Crippen LogP) is 11.8. The summed E-state index contributed by atoms with van der Waals surface area (Å²) in [5.41, 5.74) is 11.5. The molecule has 1 aliphatic heterocycles. The van der Waals surface area contributed by atoms with Gasteiger partial charge in [0, 0.05) is 16.3 Å². The third kappa shape index (κ3) is 4.51. The zero-order valence-corrected chi connectivity index (χ0v) is 29.0. The molecule has 1 aliphatic carbocycles. The average Bonchev–Trinajstić information content (AvgIpc) is 3.65. The van der Waals surface area contributed by atoms with Crippen molar-refractivity contribution in [2.24, 2.45) is 21.8 Å². The van der Waals surface area contributed by atoms with Crippen LogP contribution < -0.4 is 0 Å². The number of aryl methyl sites for hydroxylation is 2. The van der Waals surface area contributed by atoms with Crippen molar-refractivity contribution >= 4 is 44.2 Å². The van der Waals surface area contributed by atoms with Crippen LogP contribution in [0.25, 0.3) is 54.8 Å². The standard InChI is InChI=1S/C48H37N3/c1-30-18-22-35(23-19-30)46-49-47(45-32(3)48(45,50-46)37-25-20-31(2)21-26-37)51-42-28-36(33-12-6-4-7-13-33)24-27-40(42)44-39-17-11-10-16-38(39)41(29-43(44)51)34-14-8-5-9-15-34/h4-29,32,45H,1-3H3. The van der Waals surface area contributed by atoms with Crippen molar-refractivity contribution in [3.63, 3.8) is 0 Å². The largest absolute Gasteiger partial charge is 0.297 e. The van der Waals surface area contributed by atoms with E-state index in [4.69, 9.17) is 9.98 Å². The van der Waals surface area contributed by atoms with Gasteiger partial charge in [-0.05, 0) is 70.5 Å². The molecule has 0 radical (unpaired) electrons. The molecule has 10 rings (SSSR count). The minimum absolute atomic E-state index is 0.111. The summed E-state index contributed by atoms with van der Waals surface area (Å²) in [6, 6.07) is 57.5. The van der Waals surface area contributed by atoms with Crippen LogP contribution in [0, 0.1) is 25.7 Å². The second-order valence-electron chi connectivity index (χ2n) is 14.4. The zero-order chi connectivity index (χ0) is 34.3. The van der Waals surface area contributed by atoms with Gasteiger partial charge in [-0.3, -0.25) is 9.56 Å². The van der Waals surface area contributed by atoms with E-state index in [-0.39, 0.29) is 11.8 Å². The summed E-state index contributed by atoms with van der Waals surface area (Å²) in [5, 5.41) is 5.00. The molecule has 244 valence electrons. The fraction of sp³-hybridized carbons (Fsp3) is 0.125. The normalized spacial score (nSPS) is 19.6. The second kappa shape index (κ2) is 11.2. The van der Waals surface area contributed by atoms with Gasteiger partial charge in [0.15, 0.2) is 5.84 Å². The molecule has 0 saturated heterocycles. The van der Waals surface area contributed by atoms with Crippen LogP contribution in [-0.4, -0.2) is 16.2 Å². The molecule has 51 heavy (non-hydrogen) atoms. The maximum atomic E-state index is 5.60. The van der Waals surface area contributed by atoms with E-state index in [1.54, 1.807) is 0 Å². The van der Waals surface area contributed by atoms with Gasteiger partial charge in [0.1, 0.15) is 11.4 Å². The zero-order valence-electron chi connectivity index (χ0n) is 29.0. The highest BCUT2D eigenvalue weighted by atomic mass is 15.2. The molecule has 0 N–H and O–H groups in total. The minimum Gasteiger partial charge on any atom is -0.297 e. The Hall–Kier alpha value is -6.06. The second-order valence-corrected chi connectivity index (χ2v) is 14.4. The monoisotopic (exact) mass is 655 g/mol. The quantitative estimate of drug-likeness (QED) is 0.181. The van der Waals surface area contributed by atoms with Crippen LogP contribution in [0.5, 0.6) is 0 Å². The summed E-state index contributed by atoms with van der Waals surface area (Å²) in [5.74, 6) is 2.23. The van der Waals surface area contributed by atoms with E-state index in [2.05, 4.69) is 183 Å². The first-order valence-electron chi connectivity index (χ1n) is 17.9. The third-order valence-electron chi connectivity index (χ3n) is 11.4. The molecular formula is C48H37N3. The van der Waals surface area contributed by atoms with E-state index in [9.17, 15) is 0 Å². The Balaban J connectivity index is 1.33. The van der Waals surface area contributed by atoms with E-state index in [0.717, 1.165) is 17.2 Å². The number of aliphatic imine (C=N–C) groups is 2. The molecule has 2 heterocycles. The van der Waals surface area contributed by atoms with E-state index in [1.807, 2.05) is 0 Å². The Morgan fingerprint density at radius 1 is 0.529 bits per heavy atom. The maximum Gasteiger partial charge on any atom is 0.157 e. The molecule has 0 bridgehead atoms. The summed E-state index contributed by atoms with van der Waals surface area (Å²) in [7, 11) is 0. The molecule has 2 aliphatic rings. The summed E-state index contributed by atoms with van der Waals surface area (Å²) < 4.78 is 2.50. The number of hydrogen-bond acceptors (Lipinski definition) is 2. The summed E-state index contributed by atoms with van der Waals surface area (Å²) >= 11 is 0. The highest BCUT2D eigenvalue weighted by Gasteiger charge is 2.68. The van der Waals surface area contributed by atoms with Crippen molar-refractivity contribution in [1.29, 1.82) is 0 Å².